The van der Waals surface area contributed by atoms with Crippen molar-refractivity contribution in [3.05, 3.63) is 41.6 Å². The molecule has 0 radical (unpaired) electrons. The monoisotopic (exact) mass is 188 g/mol. The summed E-state index contributed by atoms with van der Waals surface area (Å²) < 4.78 is 0. The summed E-state index contributed by atoms with van der Waals surface area (Å²) in [6, 6.07) is 7.99. The number of fused-ring (bicyclic) bond motifs is 1. The van der Waals surface area contributed by atoms with Crippen molar-refractivity contribution in [2.24, 2.45) is 0 Å². The lowest BCUT2D eigenvalue weighted by Crippen LogP contribution is -2.23. The zero-order valence-corrected chi connectivity index (χ0v) is 8.00. The molecule has 0 fully saturated rings. The highest BCUT2D eigenvalue weighted by Gasteiger charge is 2.14. The fourth-order valence-corrected chi connectivity index (χ4v) is 1.54. The molecule has 0 aromatic heterocycles. The third-order valence-electron chi connectivity index (χ3n) is 2.32. The van der Waals surface area contributed by atoms with E-state index in [1.165, 1.54) is 0 Å². The van der Waals surface area contributed by atoms with Crippen LogP contribution >= 0.6 is 0 Å². The molecule has 1 amide bonds. The van der Waals surface area contributed by atoms with Crippen molar-refractivity contribution >= 4 is 11.6 Å². The molecule has 14 heavy (non-hydrogen) atoms. The summed E-state index contributed by atoms with van der Waals surface area (Å²) in [7, 11) is 1.64. The van der Waals surface area contributed by atoms with Crippen LogP contribution in [0.5, 0.6) is 0 Å². The van der Waals surface area contributed by atoms with Crippen LogP contribution in [-0.4, -0.2) is 13.0 Å². The van der Waals surface area contributed by atoms with Crippen molar-refractivity contribution < 1.29 is 4.79 Å². The van der Waals surface area contributed by atoms with Gasteiger partial charge in [0.2, 0.25) is 5.91 Å². The topological polar surface area (TPSA) is 41.1 Å². The predicted molar refractivity (Wildman–Crippen MR) is 55.9 cm³/mol. The molecule has 2 rings (SSSR count). The van der Waals surface area contributed by atoms with Crippen LogP contribution in [0.3, 0.4) is 0 Å². The second-order valence-electron chi connectivity index (χ2n) is 3.23. The van der Waals surface area contributed by atoms with E-state index in [2.05, 4.69) is 10.6 Å². The van der Waals surface area contributed by atoms with E-state index in [9.17, 15) is 4.79 Å². The van der Waals surface area contributed by atoms with Gasteiger partial charge in [-0.3, -0.25) is 4.79 Å². The summed E-state index contributed by atoms with van der Waals surface area (Å²) in [6.45, 7) is 0. The molecule has 3 nitrogen and oxygen atoms in total. The normalized spacial score (nSPS) is 13.6. The smallest absolute Gasteiger partial charge is 0.248 e. The van der Waals surface area contributed by atoms with Gasteiger partial charge in [0.1, 0.15) is 0 Å². The standard InChI is InChI=1S/C11H12N2O/c1-12-11(14)9-6-8-4-2-3-5-10(8)13-7-9/h2-5,7,13H,6H2,1H3,(H,12,14). The minimum absolute atomic E-state index is 0.0213. The molecule has 0 bridgehead atoms. The summed E-state index contributed by atoms with van der Waals surface area (Å²) in [5, 5.41) is 5.72. The van der Waals surface area contributed by atoms with Crippen molar-refractivity contribution in [1.29, 1.82) is 0 Å². The van der Waals surface area contributed by atoms with Gasteiger partial charge in [-0.1, -0.05) is 18.2 Å². The molecule has 1 aliphatic heterocycles. The SMILES string of the molecule is CNC(=O)C1=CNc2ccccc2C1. The number of carbonyl (C=O) groups excluding carboxylic acids is 1. The highest BCUT2D eigenvalue weighted by molar-refractivity contribution is 5.95. The second kappa shape index (κ2) is 3.54. The number of carbonyl (C=O) groups is 1. The van der Waals surface area contributed by atoms with Gasteiger partial charge in [-0.15, -0.1) is 0 Å². The number of anilines is 1. The molecule has 1 aromatic carbocycles. The number of amides is 1. The fraction of sp³-hybridized carbons (Fsp3) is 0.182. The van der Waals surface area contributed by atoms with E-state index in [-0.39, 0.29) is 5.91 Å². The number of nitrogens with one attached hydrogen (secondary N) is 2. The molecular formula is C11H12N2O. The quantitative estimate of drug-likeness (QED) is 0.697. The zero-order valence-electron chi connectivity index (χ0n) is 8.00. The number of hydrogen-bond donors (Lipinski definition) is 2. The molecule has 1 heterocycles. The summed E-state index contributed by atoms with van der Waals surface area (Å²) >= 11 is 0. The van der Waals surface area contributed by atoms with Crippen LogP contribution in [-0.2, 0) is 11.2 Å². The van der Waals surface area contributed by atoms with E-state index in [4.69, 9.17) is 0 Å². The Labute approximate surface area is 82.8 Å². The fourth-order valence-electron chi connectivity index (χ4n) is 1.54. The van der Waals surface area contributed by atoms with E-state index >= 15 is 0 Å². The Morgan fingerprint density at radius 1 is 1.43 bits per heavy atom. The molecular weight excluding hydrogens is 176 g/mol. The van der Waals surface area contributed by atoms with Gasteiger partial charge in [-0.2, -0.15) is 0 Å². The maximum Gasteiger partial charge on any atom is 0.248 e. The number of likely N-dealkylation sites (N-methyl/N-ethyl adjacent to an activating group) is 1. The van der Waals surface area contributed by atoms with Gasteiger partial charge in [-0.25, -0.2) is 0 Å². The van der Waals surface area contributed by atoms with Crippen LogP contribution in [0, 0.1) is 0 Å². The third-order valence-corrected chi connectivity index (χ3v) is 2.32. The molecule has 0 aliphatic carbocycles. The molecule has 72 valence electrons. The van der Waals surface area contributed by atoms with E-state index in [1.807, 2.05) is 24.3 Å². The maximum atomic E-state index is 11.4. The second-order valence-corrected chi connectivity index (χ2v) is 3.23. The van der Waals surface area contributed by atoms with Crippen molar-refractivity contribution in [3.8, 4) is 0 Å². The first-order chi connectivity index (χ1) is 6.81. The molecule has 0 atom stereocenters. The lowest BCUT2D eigenvalue weighted by Gasteiger charge is -2.16. The Kier molecular flexibility index (Phi) is 2.23. The van der Waals surface area contributed by atoms with Crippen molar-refractivity contribution in [1.82, 2.24) is 5.32 Å². The predicted octanol–water partition coefficient (Wildman–Crippen LogP) is 1.28. The largest absolute Gasteiger partial charge is 0.361 e. The summed E-state index contributed by atoms with van der Waals surface area (Å²) in [5.74, 6) is -0.0213. The van der Waals surface area contributed by atoms with Crippen molar-refractivity contribution in [2.45, 2.75) is 6.42 Å². The number of hydrogen-bond acceptors (Lipinski definition) is 2. The Hall–Kier alpha value is -1.77. The van der Waals surface area contributed by atoms with Crippen LogP contribution in [0.2, 0.25) is 0 Å². The molecule has 0 unspecified atom stereocenters. The van der Waals surface area contributed by atoms with Gasteiger partial charge < -0.3 is 10.6 Å². The van der Waals surface area contributed by atoms with Crippen molar-refractivity contribution in [3.63, 3.8) is 0 Å². The maximum absolute atomic E-state index is 11.4. The van der Waals surface area contributed by atoms with Gasteiger partial charge in [0.05, 0.1) is 0 Å². The lowest BCUT2D eigenvalue weighted by molar-refractivity contribution is -0.117. The Morgan fingerprint density at radius 2 is 2.21 bits per heavy atom. The van der Waals surface area contributed by atoms with Crippen LogP contribution < -0.4 is 10.6 Å². The molecule has 0 spiro atoms. The van der Waals surface area contributed by atoms with Gasteiger partial charge in [0, 0.05) is 30.9 Å². The molecule has 0 saturated carbocycles. The van der Waals surface area contributed by atoms with Gasteiger partial charge in [-0.05, 0) is 11.6 Å². The Balaban J connectivity index is 2.25. The van der Waals surface area contributed by atoms with Crippen LogP contribution in [0.25, 0.3) is 0 Å². The zero-order chi connectivity index (χ0) is 9.97. The molecule has 1 aromatic rings. The van der Waals surface area contributed by atoms with Crippen LogP contribution in [0.4, 0.5) is 5.69 Å². The number of benzene rings is 1. The average Bonchev–Trinajstić information content (AvgIpc) is 2.27. The van der Waals surface area contributed by atoms with Gasteiger partial charge >= 0.3 is 0 Å². The van der Waals surface area contributed by atoms with Crippen LogP contribution in [0.15, 0.2) is 36.0 Å². The highest BCUT2D eigenvalue weighted by Crippen LogP contribution is 2.22. The third kappa shape index (κ3) is 1.48. The first kappa shape index (κ1) is 8.81. The van der Waals surface area contributed by atoms with Crippen LogP contribution in [0.1, 0.15) is 5.56 Å². The first-order valence-electron chi connectivity index (χ1n) is 4.57. The summed E-state index contributed by atoms with van der Waals surface area (Å²) in [5.41, 5.74) is 3.01. The molecule has 2 N–H and O–H groups in total. The highest BCUT2D eigenvalue weighted by atomic mass is 16.1. The minimum atomic E-state index is -0.0213. The van der Waals surface area contributed by atoms with E-state index in [0.29, 0.717) is 6.42 Å². The van der Waals surface area contributed by atoms with E-state index < -0.39 is 0 Å². The average molecular weight is 188 g/mol. The number of rotatable bonds is 1. The van der Waals surface area contributed by atoms with Gasteiger partial charge in [0.15, 0.2) is 0 Å². The Bertz CT molecular complexity index is 396. The van der Waals surface area contributed by atoms with E-state index in [1.54, 1.807) is 13.2 Å². The lowest BCUT2D eigenvalue weighted by atomic mass is 10.0. The molecule has 3 heteroatoms. The first-order valence-corrected chi connectivity index (χ1v) is 4.57. The van der Waals surface area contributed by atoms with Gasteiger partial charge in [0.25, 0.3) is 0 Å². The summed E-state index contributed by atoms with van der Waals surface area (Å²) in [6.07, 6.45) is 2.46. The number of para-hydroxylation sites is 1. The van der Waals surface area contributed by atoms with E-state index in [0.717, 1.165) is 16.8 Å². The summed E-state index contributed by atoms with van der Waals surface area (Å²) in [4.78, 5) is 11.4. The Morgan fingerprint density at radius 3 is 3.00 bits per heavy atom. The molecule has 0 saturated heterocycles. The molecule has 1 aliphatic rings. The van der Waals surface area contributed by atoms with Crippen molar-refractivity contribution in [2.75, 3.05) is 12.4 Å². The minimum Gasteiger partial charge on any atom is -0.361 e.